The molecule has 92 valence electrons. The van der Waals surface area contributed by atoms with Crippen LogP contribution in [0.2, 0.25) is 0 Å². The van der Waals surface area contributed by atoms with Crippen LogP contribution in [0.3, 0.4) is 0 Å². The molecule has 0 aromatic carbocycles. The summed E-state index contributed by atoms with van der Waals surface area (Å²) < 4.78 is 0. The highest BCUT2D eigenvalue weighted by Gasteiger charge is 2.19. The predicted octanol–water partition coefficient (Wildman–Crippen LogP) is 4.21. The SMILES string of the molecule is C=CCCC[C@@H]1CCC[C@@H](CCCC=C)N1. The minimum absolute atomic E-state index is 0.766. The van der Waals surface area contributed by atoms with Crippen molar-refractivity contribution >= 4 is 0 Å². The molecule has 1 fully saturated rings. The van der Waals surface area contributed by atoms with E-state index in [2.05, 4.69) is 18.5 Å². The molecule has 0 radical (unpaired) electrons. The Balaban J connectivity index is 2.13. The van der Waals surface area contributed by atoms with Crippen molar-refractivity contribution in [3.05, 3.63) is 25.3 Å². The molecule has 1 heterocycles. The highest BCUT2D eigenvalue weighted by Crippen LogP contribution is 2.20. The van der Waals surface area contributed by atoms with E-state index < -0.39 is 0 Å². The van der Waals surface area contributed by atoms with Gasteiger partial charge in [-0.1, -0.05) is 18.6 Å². The van der Waals surface area contributed by atoms with Crippen LogP contribution in [0, 0.1) is 0 Å². The maximum Gasteiger partial charge on any atom is 0.00697 e. The fourth-order valence-corrected chi connectivity index (χ4v) is 2.58. The minimum atomic E-state index is 0.766. The van der Waals surface area contributed by atoms with Crippen molar-refractivity contribution in [2.24, 2.45) is 0 Å². The second-order valence-corrected chi connectivity index (χ2v) is 4.93. The third kappa shape index (κ3) is 5.50. The van der Waals surface area contributed by atoms with Crippen LogP contribution in [-0.4, -0.2) is 12.1 Å². The maximum absolute atomic E-state index is 3.80. The lowest BCUT2D eigenvalue weighted by atomic mass is 9.92. The first-order valence-corrected chi connectivity index (χ1v) is 6.84. The Bertz CT molecular complexity index is 178. The molecule has 0 aromatic rings. The largest absolute Gasteiger partial charge is 0.311 e. The summed E-state index contributed by atoms with van der Waals surface area (Å²) >= 11 is 0. The summed E-state index contributed by atoms with van der Waals surface area (Å²) in [4.78, 5) is 0. The Morgan fingerprint density at radius 2 is 1.44 bits per heavy atom. The van der Waals surface area contributed by atoms with E-state index in [-0.39, 0.29) is 0 Å². The zero-order chi connectivity index (χ0) is 11.6. The van der Waals surface area contributed by atoms with Crippen molar-refractivity contribution in [3.63, 3.8) is 0 Å². The summed E-state index contributed by atoms with van der Waals surface area (Å²) in [6, 6.07) is 1.53. The molecule has 1 rings (SSSR count). The molecule has 0 bridgehead atoms. The first-order valence-electron chi connectivity index (χ1n) is 6.84. The van der Waals surface area contributed by atoms with Crippen LogP contribution in [0.1, 0.15) is 57.8 Å². The van der Waals surface area contributed by atoms with Crippen LogP contribution in [0.5, 0.6) is 0 Å². The van der Waals surface area contributed by atoms with Crippen molar-refractivity contribution in [3.8, 4) is 0 Å². The van der Waals surface area contributed by atoms with Gasteiger partial charge in [0.2, 0.25) is 0 Å². The van der Waals surface area contributed by atoms with Gasteiger partial charge in [0.05, 0.1) is 0 Å². The molecule has 1 aliphatic heterocycles. The van der Waals surface area contributed by atoms with Crippen molar-refractivity contribution in [1.29, 1.82) is 0 Å². The lowest BCUT2D eigenvalue weighted by Crippen LogP contribution is -2.42. The average Bonchev–Trinajstić information content (AvgIpc) is 2.30. The highest BCUT2D eigenvalue weighted by molar-refractivity contribution is 4.82. The first kappa shape index (κ1) is 13.5. The third-order valence-corrected chi connectivity index (χ3v) is 3.50. The van der Waals surface area contributed by atoms with E-state index in [0.717, 1.165) is 12.1 Å². The van der Waals surface area contributed by atoms with Gasteiger partial charge < -0.3 is 5.32 Å². The van der Waals surface area contributed by atoms with Gasteiger partial charge in [-0.3, -0.25) is 0 Å². The molecule has 1 aliphatic rings. The van der Waals surface area contributed by atoms with Crippen LogP contribution < -0.4 is 5.32 Å². The Labute approximate surface area is 101 Å². The lowest BCUT2D eigenvalue weighted by molar-refractivity contribution is 0.290. The molecule has 0 saturated carbocycles. The molecular formula is C15H27N. The number of nitrogens with one attached hydrogen (secondary N) is 1. The molecule has 0 aliphatic carbocycles. The van der Waals surface area contributed by atoms with E-state index in [4.69, 9.17) is 0 Å². The van der Waals surface area contributed by atoms with Crippen molar-refractivity contribution < 1.29 is 0 Å². The summed E-state index contributed by atoms with van der Waals surface area (Å²) in [5.41, 5.74) is 0. The molecule has 0 spiro atoms. The zero-order valence-electron chi connectivity index (χ0n) is 10.6. The van der Waals surface area contributed by atoms with E-state index in [9.17, 15) is 0 Å². The monoisotopic (exact) mass is 221 g/mol. The minimum Gasteiger partial charge on any atom is -0.311 e. The van der Waals surface area contributed by atoms with Crippen molar-refractivity contribution in [2.45, 2.75) is 69.9 Å². The molecule has 0 amide bonds. The van der Waals surface area contributed by atoms with E-state index in [1.165, 1.54) is 57.8 Å². The maximum atomic E-state index is 3.80. The summed E-state index contributed by atoms with van der Waals surface area (Å²) in [6.45, 7) is 7.56. The summed E-state index contributed by atoms with van der Waals surface area (Å²) in [6.07, 6.45) is 15.8. The first-order chi connectivity index (χ1) is 7.86. The average molecular weight is 221 g/mol. The van der Waals surface area contributed by atoms with Crippen LogP contribution >= 0.6 is 0 Å². The molecule has 0 unspecified atom stereocenters. The van der Waals surface area contributed by atoms with Crippen LogP contribution in [0.25, 0.3) is 0 Å². The van der Waals surface area contributed by atoms with Crippen LogP contribution in [0.15, 0.2) is 25.3 Å². The number of hydrogen-bond donors (Lipinski definition) is 1. The fraction of sp³-hybridized carbons (Fsp3) is 0.733. The number of rotatable bonds is 8. The zero-order valence-corrected chi connectivity index (χ0v) is 10.6. The standard InChI is InChI=1S/C15H27N/c1-3-5-7-10-14-12-9-13-15(16-14)11-8-6-4-2/h3-4,14-16H,1-2,5-13H2/t14-,15-/m1/s1. The summed E-state index contributed by atoms with van der Waals surface area (Å²) in [5, 5.41) is 3.80. The molecule has 1 nitrogen and oxygen atoms in total. The van der Waals surface area contributed by atoms with Crippen molar-refractivity contribution in [2.75, 3.05) is 0 Å². The summed E-state index contributed by atoms with van der Waals surface area (Å²) in [7, 11) is 0. The van der Waals surface area contributed by atoms with Crippen LogP contribution in [0.4, 0.5) is 0 Å². The quantitative estimate of drug-likeness (QED) is 0.478. The number of allylic oxidation sites excluding steroid dienone is 2. The van der Waals surface area contributed by atoms with Gasteiger partial charge in [-0.05, 0) is 51.4 Å². The van der Waals surface area contributed by atoms with Gasteiger partial charge in [-0.15, -0.1) is 13.2 Å². The van der Waals surface area contributed by atoms with Gasteiger partial charge >= 0.3 is 0 Å². The molecule has 1 N–H and O–H groups in total. The fourth-order valence-electron chi connectivity index (χ4n) is 2.58. The molecule has 1 heteroatoms. The highest BCUT2D eigenvalue weighted by atomic mass is 15.0. The summed E-state index contributed by atoms with van der Waals surface area (Å²) in [5.74, 6) is 0. The lowest BCUT2D eigenvalue weighted by Gasteiger charge is -2.31. The molecular weight excluding hydrogens is 194 g/mol. The van der Waals surface area contributed by atoms with Gasteiger partial charge in [0.25, 0.3) is 0 Å². The molecule has 0 aromatic heterocycles. The van der Waals surface area contributed by atoms with E-state index in [0.29, 0.717) is 0 Å². The van der Waals surface area contributed by atoms with Crippen LogP contribution in [-0.2, 0) is 0 Å². The molecule has 1 saturated heterocycles. The third-order valence-electron chi connectivity index (χ3n) is 3.50. The normalized spacial score (nSPS) is 25.2. The molecule has 2 atom stereocenters. The Hall–Kier alpha value is -0.560. The number of hydrogen-bond acceptors (Lipinski definition) is 1. The topological polar surface area (TPSA) is 12.0 Å². The predicted molar refractivity (Wildman–Crippen MR) is 72.7 cm³/mol. The molecule has 16 heavy (non-hydrogen) atoms. The second kappa shape index (κ2) is 8.58. The number of unbranched alkanes of at least 4 members (excludes halogenated alkanes) is 2. The Morgan fingerprint density at radius 1 is 0.938 bits per heavy atom. The van der Waals surface area contributed by atoms with E-state index in [1.54, 1.807) is 0 Å². The van der Waals surface area contributed by atoms with Gasteiger partial charge in [0.15, 0.2) is 0 Å². The second-order valence-electron chi connectivity index (χ2n) is 4.93. The van der Waals surface area contributed by atoms with Gasteiger partial charge in [-0.25, -0.2) is 0 Å². The van der Waals surface area contributed by atoms with Gasteiger partial charge in [0.1, 0.15) is 0 Å². The Kier molecular flexibility index (Phi) is 7.24. The smallest absolute Gasteiger partial charge is 0.00697 e. The Morgan fingerprint density at radius 3 is 1.88 bits per heavy atom. The van der Waals surface area contributed by atoms with Gasteiger partial charge in [-0.2, -0.15) is 0 Å². The van der Waals surface area contributed by atoms with E-state index in [1.807, 2.05) is 12.2 Å². The van der Waals surface area contributed by atoms with E-state index >= 15 is 0 Å². The number of piperidine rings is 1. The van der Waals surface area contributed by atoms with Gasteiger partial charge in [0, 0.05) is 12.1 Å². The van der Waals surface area contributed by atoms with Crippen molar-refractivity contribution in [1.82, 2.24) is 5.32 Å².